The van der Waals surface area contributed by atoms with E-state index in [1.165, 1.54) is 0 Å². The fourth-order valence-corrected chi connectivity index (χ4v) is 3.85. The first-order valence-corrected chi connectivity index (χ1v) is 9.37. The molecule has 3 heteroatoms. The Morgan fingerprint density at radius 3 is 1.58 bits per heavy atom. The largest absolute Gasteiger partial charge is 0.385 e. The molecule has 2 atom stereocenters. The lowest BCUT2D eigenvalue weighted by Crippen LogP contribution is -2.35. The van der Waals surface area contributed by atoms with Crippen LogP contribution in [0.4, 0.5) is 0 Å². The molecule has 0 aliphatic carbocycles. The zero-order valence-corrected chi connectivity index (χ0v) is 16.4. The van der Waals surface area contributed by atoms with Crippen LogP contribution in [-0.2, 0) is 11.0 Å². The number of hydrogen-bond acceptors (Lipinski definition) is 1. The van der Waals surface area contributed by atoms with E-state index in [4.69, 9.17) is 23.2 Å². The Kier molecular flexibility index (Phi) is 5.43. The van der Waals surface area contributed by atoms with Crippen LogP contribution in [0.25, 0.3) is 0 Å². The predicted molar refractivity (Wildman–Crippen MR) is 110 cm³/mol. The second kappa shape index (κ2) is 7.44. The normalized spacial score (nSPS) is 15.9. The molecule has 0 fully saturated rings. The monoisotopic (exact) mass is 384 g/mol. The molecule has 0 aliphatic rings. The summed E-state index contributed by atoms with van der Waals surface area (Å²) < 4.78 is 0. The van der Waals surface area contributed by atoms with Crippen LogP contribution in [0.1, 0.15) is 37.0 Å². The third-order valence-corrected chi connectivity index (χ3v) is 5.56. The molecule has 2 unspecified atom stereocenters. The van der Waals surface area contributed by atoms with Crippen LogP contribution in [0.5, 0.6) is 0 Å². The molecule has 0 bridgehead atoms. The molecule has 3 aromatic carbocycles. The first-order chi connectivity index (χ1) is 12.3. The molecule has 3 aromatic rings. The highest BCUT2D eigenvalue weighted by molar-refractivity contribution is 6.30. The summed E-state index contributed by atoms with van der Waals surface area (Å²) in [6.07, 6.45) is 0.521. The smallest absolute Gasteiger partial charge is 0.0880 e. The predicted octanol–water partition coefficient (Wildman–Crippen LogP) is 6.60. The molecule has 0 amide bonds. The van der Waals surface area contributed by atoms with Gasteiger partial charge in [-0.3, -0.25) is 0 Å². The van der Waals surface area contributed by atoms with E-state index in [9.17, 15) is 5.11 Å². The van der Waals surface area contributed by atoms with Gasteiger partial charge in [-0.1, -0.05) is 84.7 Å². The highest BCUT2D eigenvalue weighted by atomic mass is 35.5. The fraction of sp³-hybridized carbons (Fsp3) is 0.217. The van der Waals surface area contributed by atoms with E-state index in [0.29, 0.717) is 16.5 Å². The van der Waals surface area contributed by atoms with Crippen molar-refractivity contribution in [2.45, 2.75) is 31.3 Å². The van der Waals surface area contributed by atoms with E-state index in [0.717, 1.165) is 16.7 Å². The van der Waals surface area contributed by atoms with Crippen molar-refractivity contribution in [3.8, 4) is 0 Å². The highest BCUT2D eigenvalue weighted by Crippen LogP contribution is 2.42. The molecule has 1 N–H and O–H groups in total. The third-order valence-electron chi connectivity index (χ3n) is 5.06. The standard InChI is InChI=1S/C23H22Cl2O/c1-22(17-6-4-3-5-7-17,18-8-12-20(24)13-9-18)16-23(2,26)19-10-14-21(25)15-11-19/h3-15,26H,16H2,1-2H3. The molecule has 3 rings (SSSR count). The van der Waals surface area contributed by atoms with Crippen LogP contribution in [0.15, 0.2) is 78.9 Å². The van der Waals surface area contributed by atoms with E-state index in [1.54, 1.807) is 0 Å². The van der Waals surface area contributed by atoms with Gasteiger partial charge in [0.2, 0.25) is 0 Å². The quantitative estimate of drug-likeness (QED) is 0.525. The number of aliphatic hydroxyl groups is 1. The van der Waals surface area contributed by atoms with Gasteiger partial charge < -0.3 is 5.11 Å². The summed E-state index contributed by atoms with van der Waals surface area (Å²) in [6.45, 7) is 4.02. The molecule has 26 heavy (non-hydrogen) atoms. The summed E-state index contributed by atoms with van der Waals surface area (Å²) in [6, 6.07) is 25.5. The van der Waals surface area contributed by atoms with E-state index in [-0.39, 0.29) is 5.41 Å². The Morgan fingerprint density at radius 1 is 0.654 bits per heavy atom. The molecule has 0 spiro atoms. The van der Waals surface area contributed by atoms with Crippen molar-refractivity contribution in [1.82, 2.24) is 0 Å². The maximum Gasteiger partial charge on any atom is 0.0880 e. The van der Waals surface area contributed by atoms with E-state index >= 15 is 0 Å². The average molecular weight is 385 g/mol. The van der Waals surface area contributed by atoms with Gasteiger partial charge in [0, 0.05) is 15.5 Å². The Bertz CT molecular complexity index is 855. The Hall–Kier alpha value is -1.80. The van der Waals surface area contributed by atoms with Gasteiger partial charge in [-0.25, -0.2) is 0 Å². The van der Waals surface area contributed by atoms with Crippen LogP contribution in [0.3, 0.4) is 0 Å². The van der Waals surface area contributed by atoms with Crippen molar-refractivity contribution in [2.24, 2.45) is 0 Å². The van der Waals surface area contributed by atoms with E-state index < -0.39 is 5.60 Å². The van der Waals surface area contributed by atoms with E-state index in [1.807, 2.05) is 73.7 Å². The molecule has 0 saturated carbocycles. The highest BCUT2D eigenvalue weighted by Gasteiger charge is 2.37. The second-order valence-electron chi connectivity index (χ2n) is 7.16. The van der Waals surface area contributed by atoms with Gasteiger partial charge in [0.15, 0.2) is 0 Å². The number of hydrogen-bond donors (Lipinski definition) is 1. The number of halogens is 2. The van der Waals surface area contributed by atoms with Crippen molar-refractivity contribution < 1.29 is 5.11 Å². The van der Waals surface area contributed by atoms with Crippen LogP contribution >= 0.6 is 23.2 Å². The van der Waals surface area contributed by atoms with Crippen LogP contribution in [0.2, 0.25) is 10.0 Å². The summed E-state index contributed by atoms with van der Waals surface area (Å²) in [5.41, 5.74) is 1.71. The van der Waals surface area contributed by atoms with Gasteiger partial charge in [0.1, 0.15) is 0 Å². The Morgan fingerprint density at radius 2 is 1.08 bits per heavy atom. The van der Waals surface area contributed by atoms with Gasteiger partial charge >= 0.3 is 0 Å². The maximum absolute atomic E-state index is 11.3. The topological polar surface area (TPSA) is 20.2 Å². The Balaban J connectivity index is 2.06. The van der Waals surface area contributed by atoms with Crippen molar-refractivity contribution in [1.29, 1.82) is 0 Å². The summed E-state index contributed by atoms with van der Waals surface area (Å²) in [5.74, 6) is 0. The summed E-state index contributed by atoms with van der Waals surface area (Å²) in [7, 11) is 0. The molecule has 134 valence electrons. The summed E-state index contributed by atoms with van der Waals surface area (Å²) in [4.78, 5) is 0. The summed E-state index contributed by atoms with van der Waals surface area (Å²) >= 11 is 12.1. The van der Waals surface area contributed by atoms with Crippen molar-refractivity contribution in [3.63, 3.8) is 0 Å². The van der Waals surface area contributed by atoms with Crippen molar-refractivity contribution >= 4 is 23.2 Å². The zero-order valence-electron chi connectivity index (χ0n) is 14.9. The fourth-order valence-electron chi connectivity index (χ4n) is 3.59. The molecule has 0 saturated heterocycles. The molecule has 0 radical (unpaired) electrons. The SMILES string of the molecule is CC(O)(CC(C)(c1ccccc1)c1ccc(Cl)cc1)c1ccc(Cl)cc1. The third kappa shape index (κ3) is 3.96. The Labute approximate surface area is 165 Å². The maximum atomic E-state index is 11.3. The molecular formula is C23H22Cl2O. The van der Waals surface area contributed by atoms with Gasteiger partial charge in [0.25, 0.3) is 0 Å². The van der Waals surface area contributed by atoms with Gasteiger partial charge in [0.05, 0.1) is 5.60 Å². The summed E-state index contributed by atoms with van der Waals surface area (Å²) in [5, 5.41) is 12.7. The lowest BCUT2D eigenvalue weighted by molar-refractivity contribution is 0.0307. The van der Waals surface area contributed by atoms with Gasteiger partial charge in [-0.2, -0.15) is 0 Å². The second-order valence-corrected chi connectivity index (χ2v) is 8.04. The van der Waals surface area contributed by atoms with Crippen molar-refractivity contribution in [3.05, 3.63) is 106 Å². The van der Waals surface area contributed by atoms with Gasteiger partial charge in [-0.05, 0) is 54.3 Å². The van der Waals surface area contributed by atoms with Crippen LogP contribution in [0, 0.1) is 0 Å². The van der Waals surface area contributed by atoms with Crippen LogP contribution in [-0.4, -0.2) is 5.11 Å². The average Bonchev–Trinajstić information content (AvgIpc) is 2.63. The molecular weight excluding hydrogens is 363 g/mol. The lowest BCUT2D eigenvalue weighted by atomic mass is 9.68. The molecule has 0 aliphatic heterocycles. The van der Waals surface area contributed by atoms with Gasteiger partial charge in [-0.15, -0.1) is 0 Å². The first kappa shape index (κ1) is 19.0. The first-order valence-electron chi connectivity index (χ1n) is 8.61. The minimum Gasteiger partial charge on any atom is -0.385 e. The molecule has 0 aromatic heterocycles. The zero-order chi connectivity index (χ0) is 18.8. The minimum absolute atomic E-state index is 0.380. The van der Waals surface area contributed by atoms with Crippen LogP contribution < -0.4 is 0 Å². The van der Waals surface area contributed by atoms with E-state index in [2.05, 4.69) is 19.1 Å². The van der Waals surface area contributed by atoms with Crippen molar-refractivity contribution in [2.75, 3.05) is 0 Å². The molecule has 1 nitrogen and oxygen atoms in total. The number of benzene rings is 3. The molecule has 0 heterocycles. The minimum atomic E-state index is -1.02. The lowest BCUT2D eigenvalue weighted by Gasteiger charge is -2.38. The number of rotatable bonds is 5.